The van der Waals surface area contributed by atoms with Crippen molar-refractivity contribution in [3.63, 3.8) is 0 Å². The van der Waals surface area contributed by atoms with Gasteiger partial charge in [0, 0.05) is 0 Å². The lowest BCUT2D eigenvalue weighted by Gasteiger charge is -2.36. The van der Waals surface area contributed by atoms with Crippen LogP contribution in [0.5, 0.6) is 0 Å². The minimum atomic E-state index is -1.28. The number of halogens is 1. The maximum Gasteiger partial charge on any atom is 0.157 e. The SMILES string of the molecule is F[C@@H]1[C@H](OCc2ccccc2)CO[C@@H]1COC(c1ccccc1)(c1ccccc1)c1ccccc1. The highest BCUT2D eigenvalue weighted by Gasteiger charge is 2.43. The van der Waals surface area contributed by atoms with Crippen molar-refractivity contribution in [3.05, 3.63) is 144 Å². The van der Waals surface area contributed by atoms with E-state index in [0.29, 0.717) is 6.61 Å². The Labute approximate surface area is 206 Å². The van der Waals surface area contributed by atoms with Crippen molar-refractivity contribution in [2.75, 3.05) is 13.2 Å². The summed E-state index contributed by atoms with van der Waals surface area (Å²) in [5.74, 6) is 0. The molecule has 35 heavy (non-hydrogen) atoms. The van der Waals surface area contributed by atoms with Crippen molar-refractivity contribution < 1.29 is 18.6 Å². The van der Waals surface area contributed by atoms with E-state index in [9.17, 15) is 0 Å². The molecule has 1 fully saturated rings. The normalized spacial score (nSPS) is 20.1. The van der Waals surface area contributed by atoms with Gasteiger partial charge < -0.3 is 14.2 Å². The van der Waals surface area contributed by atoms with Crippen LogP contribution in [-0.4, -0.2) is 31.6 Å². The molecule has 178 valence electrons. The molecule has 3 nitrogen and oxygen atoms in total. The topological polar surface area (TPSA) is 27.7 Å². The second kappa shape index (κ2) is 11.0. The van der Waals surface area contributed by atoms with E-state index in [-0.39, 0.29) is 13.2 Å². The quantitative estimate of drug-likeness (QED) is 0.269. The van der Waals surface area contributed by atoms with Crippen LogP contribution >= 0.6 is 0 Å². The lowest BCUT2D eigenvalue weighted by atomic mass is 9.80. The third kappa shape index (κ3) is 5.06. The van der Waals surface area contributed by atoms with Gasteiger partial charge in [0.25, 0.3) is 0 Å². The molecule has 0 bridgehead atoms. The summed E-state index contributed by atoms with van der Waals surface area (Å²) in [6, 6.07) is 40.0. The highest BCUT2D eigenvalue weighted by atomic mass is 19.1. The van der Waals surface area contributed by atoms with Crippen LogP contribution in [0.3, 0.4) is 0 Å². The summed E-state index contributed by atoms with van der Waals surface area (Å²) >= 11 is 0. The third-order valence-corrected chi connectivity index (χ3v) is 6.50. The van der Waals surface area contributed by atoms with Gasteiger partial charge in [-0.1, -0.05) is 121 Å². The molecule has 0 amide bonds. The first-order valence-electron chi connectivity index (χ1n) is 12.0. The van der Waals surface area contributed by atoms with Crippen LogP contribution in [0, 0.1) is 0 Å². The fourth-order valence-corrected chi connectivity index (χ4v) is 4.67. The van der Waals surface area contributed by atoms with Gasteiger partial charge in [-0.15, -0.1) is 0 Å². The largest absolute Gasteiger partial charge is 0.370 e. The van der Waals surface area contributed by atoms with Crippen LogP contribution in [0.2, 0.25) is 0 Å². The molecule has 4 heteroatoms. The molecule has 1 aliphatic rings. The van der Waals surface area contributed by atoms with Crippen LogP contribution in [0.1, 0.15) is 22.3 Å². The summed E-state index contributed by atoms with van der Waals surface area (Å²) in [6.45, 7) is 0.646. The second-order valence-corrected chi connectivity index (χ2v) is 8.74. The maximum absolute atomic E-state index is 15.4. The summed E-state index contributed by atoms with van der Waals surface area (Å²) in [5.41, 5.74) is 3.03. The van der Waals surface area contributed by atoms with Crippen molar-refractivity contribution in [2.24, 2.45) is 0 Å². The molecule has 0 aliphatic carbocycles. The van der Waals surface area contributed by atoms with E-state index in [4.69, 9.17) is 14.2 Å². The molecule has 0 spiro atoms. The Bertz CT molecular complexity index is 1070. The van der Waals surface area contributed by atoms with Gasteiger partial charge in [-0.05, 0) is 22.3 Å². The summed E-state index contributed by atoms with van der Waals surface area (Å²) in [4.78, 5) is 0. The predicted molar refractivity (Wildman–Crippen MR) is 135 cm³/mol. The number of hydrogen-bond acceptors (Lipinski definition) is 3. The zero-order valence-electron chi connectivity index (χ0n) is 19.5. The van der Waals surface area contributed by atoms with Crippen molar-refractivity contribution >= 4 is 0 Å². The monoisotopic (exact) mass is 468 g/mol. The lowest BCUT2D eigenvalue weighted by molar-refractivity contribution is -0.0599. The van der Waals surface area contributed by atoms with E-state index >= 15 is 4.39 Å². The van der Waals surface area contributed by atoms with E-state index < -0.39 is 24.0 Å². The van der Waals surface area contributed by atoms with E-state index in [1.54, 1.807) is 0 Å². The number of hydrogen-bond donors (Lipinski definition) is 0. The van der Waals surface area contributed by atoms with Crippen LogP contribution in [-0.2, 0) is 26.4 Å². The zero-order chi connectivity index (χ0) is 23.9. The number of ether oxygens (including phenoxy) is 3. The van der Waals surface area contributed by atoms with Crippen LogP contribution in [0.15, 0.2) is 121 Å². The number of alkyl halides is 1. The highest BCUT2D eigenvalue weighted by molar-refractivity contribution is 5.47. The number of rotatable bonds is 9. The molecule has 1 saturated heterocycles. The van der Waals surface area contributed by atoms with Crippen LogP contribution in [0.4, 0.5) is 4.39 Å². The van der Waals surface area contributed by atoms with E-state index in [1.807, 2.05) is 121 Å². The standard InChI is InChI=1S/C31H29FO3/c32-30-28(33-21-24-13-5-1-6-14-24)22-34-29(30)23-35-31(25-15-7-2-8-16-25,26-17-9-3-10-18-26)27-19-11-4-12-20-27/h1-20,28-30H,21-23H2/t28-,29-,30-/m1/s1. The molecule has 0 N–H and O–H groups in total. The van der Waals surface area contributed by atoms with Gasteiger partial charge in [0.1, 0.15) is 17.8 Å². The predicted octanol–water partition coefficient (Wildman–Crippen LogP) is 6.32. The average Bonchev–Trinajstić information content (AvgIpc) is 3.29. The summed E-state index contributed by atoms with van der Waals surface area (Å²) in [5, 5.41) is 0. The molecule has 0 unspecified atom stereocenters. The Balaban J connectivity index is 1.40. The van der Waals surface area contributed by atoms with Crippen molar-refractivity contribution in [3.8, 4) is 0 Å². The van der Waals surface area contributed by atoms with E-state index in [0.717, 1.165) is 22.3 Å². The molecular formula is C31H29FO3. The lowest BCUT2D eigenvalue weighted by Crippen LogP contribution is -2.38. The Morgan fingerprint density at radius 1 is 0.686 bits per heavy atom. The Hall–Kier alpha value is -3.31. The summed E-state index contributed by atoms with van der Waals surface area (Å²) < 4.78 is 33.8. The molecule has 4 aromatic carbocycles. The molecule has 0 saturated carbocycles. The molecule has 5 rings (SSSR count). The van der Waals surface area contributed by atoms with E-state index in [1.165, 1.54) is 0 Å². The summed E-state index contributed by atoms with van der Waals surface area (Å²) in [6.07, 6.45) is -2.62. The zero-order valence-corrected chi connectivity index (χ0v) is 19.5. The van der Waals surface area contributed by atoms with Crippen LogP contribution in [0.25, 0.3) is 0 Å². The van der Waals surface area contributed by atoms with Gasteiger partial charge in [0.2, 0.25) is 0 Å². The molecule has 0 aromatic heterocycles. The van der Waals surface area contributed by atoms with Gasteiger partial charge in [-0.3, -0.25) is 0 Å². The first-order chi connectivity index (χ1) is 17.3. The Kier molecular flexibility index (Phi) is 7.34. The van der Waals surface area contributed by atoms with Gasteiger partial charge in [-0.2, -0.15) is 0 Å². The molecule has 0 radical (unpaired) electrons. The van der Waals surface area contributed by atoms with Gasteiger partial charge in [0.05, 0.1) is 19.8 Å². The van der Waals surface area contributed by atoms with Crippen molar-refractivity contribution in [1.29, 1.82) is 0 Å². The van der Waals surface area contributed by atoms with Crippen molar-refractivity contribution in [2.45, 2.75) is 30.6 Å². The average molecular weight is 469 g/mol. The first-order valence-corrected chi connectivity index (χ1v) is 12.0. The molecule has 1 aliphatic heterocycles. The number of benzene rings is 4. The second-order valence-electron chi connectivity index (χ2n) is 8.74. The minimum absolute atomic E-state index is 0.0883. The molecule has 4 aromatic rings. The third-order valence-electron chi connectivity index (χ3n) is 6.50. The first kappa shape index (κ1) is 23.4. The minimum Gasteiger partial charge on any atom is -0.370 e. The summed E-state index contributed by atoms with van der Waals surface area (Å²) in [7, 11) is 0. The Morgan fingerprint density at radius 3 is 1.63 bits per heavy atom. The fraction of sp³-hybridized carbons (Fsp3) is 0.226. The van der Waals surface area contributed by atoms with Gasteiger partial charge >= 0.3 is 0 Å². The molecular weight excluding hydrogens is 439 g/mol. The molecule has 1 heterocycles. The Morgan fingerprint density at radius 2 is 1.14 bits per heavy atom. The molecule has 3 atom stereocenters. The van der Waals surface area contributed by atoms with Gasteiger partial charge in [0.15, 0.2) is 6.17 Å². The highest BCUT2D eigenvalue weighted by Crippen LogP contribution is 2.41. The van der Waals surface area contributed by atoms with Gasteiger partial charge in [-0.25, -0.2) is 4.39 Å². The van der Waals surface area contributed by atoms with E-state index in [2.05, 4.69) is 0 Å². The smallest absolute Gasteiger partial charge is 0.157 e. The van der Waals surface area contributed by atoms with Crippen LogP contribution < -0.4 is 0 Å². The fourth-order valence-electron chi connectivity index (χ4n) is 4.67. The van der Waals surface area contributed by atoms with Crippen molar-refractivity contribution in [1.82, 2.24) is 0 Å². The maximum atomic E-state index is 15.4.